The van der Waals surface area contributed by atoms with Crippen LogP contribution in [0.4, 0.5) is 5.69 Å². The molecule has 1 aliphatic heterocycles. The summed E-state index contributed by atoms with van der Waals surface area (Å²) in [5.74, 6) is 1.21. The van der Waals surface area contributed by atoms with Crippen molar-refractivity contribution in [2.24, 2.45) is 17.3 Å². The maximum atomic E-state index is 11.7. The molecule has 2 nitrogen and oxygen atoms in total. The molecule has 0 amide bonds. The Kier molecular flexibility index (Phi) is 5.24. The zero-order valence-electron chi connectivity index (χ0n) is 15.3. The molecule has 2 aliphatic rings. The third kappa shape index (κ3) is 3.64. The monoisotopic (exact) mass is 347 g/mol. The van der Waals surface area contributed by atoms with Crippen LogP contribution in [-0.2, 0) is 4.79 Å². The van der Waals surface area contributed by atoms with Crippen LogP contribution in [0, 0.1) is 24.2 Å². The molecule has 1 atom stereocenters. The Bertz CT molecular complexity index is 594. The number of hydrogen-bond acceptors (Lipinski definition) is 2. The van der Waals surface area contributed by atoms with E-state index in [9.17, 15) is 4.79 Å². The lowest BCUT2D eigenvalue weighted by Crippen LogP contribution is -2.42. The number of rotatable bonds is 3. The topological polar surface area (TPSA) is 20.3 Å². The molecular formula is C21H30ClNO. The molecule has 1 saturated heterocycles. The van der Waals surface area contributed by atoms with Crippen molar-refractivity contribution in [2.75, 3.05) is 18.0 Å². The van der Waals surface area contributed by atoms with Crippen molar-refractivity contribution < 1.29 is 4.79 Å². The molecule has 1 heterocycles. The number of piperidine rings is 1. The molecule has 0 N–H and O–H groups in total. The van der Waals surface area contributed by atoms with Crippen molar-refractivity contribution in [3.8, 4) is 0 Å². The fourth-order valence-corrected chi connectivity index (χ4v) is 4.91. The van der Waals surface area contributed by atoms with Gasteiger partial charge in [-0.2, -0.15) is 0 Å². The van der Waals surface area contributed by atoms with Crippen LogP contribution >= 0.6 is 11.6 Å². The van der Waals surface area contributed by atoms with E-state index in [1.807, 2.05) is 6.07 Å². The van der Waals surface area contributed by atoms with Gasteiger partial charge in [0.2, 0.25) is 0 Å². The van der Waals surface area contributed by atoms with Gasteiger partial charge < -0.3 is 4.90 Å². The quantitative estimate of drug-likeness (QED) is 0.704. The first-order chi connectivity index (χ1) is 11.4. The van der Waals surface area contributed by atoms with Crippen molar-refractivity contribution >= 4 is 23.1 Å². The molecule has 3 rings (SSSR count). The number of carbonyl (C=O) groups is 1. The van der Waals surface area contributed by atoms with E-state index in [-0.39, 0.29) is 5.92 Å². The molecule has 3 heteroatoms. The number of ketones is 1. The number of carbonyl (C=O) groups excluding carboxylic acids is 1. The molecule has 132 valence electrons. The second-order valence-electron chi connectivity index (χ2n) is 8.18. The van der Waals surface area contributed by atoms with Gasteiger partial charge in [0, 0.05) is 19.0 Å². The Balaban J connectivity index is 1.59. The first-order valence-electron chi connectivity index (χ1n) is 9.42. The van der Waals surface area contributed by atoms with Gasteiger partial charge in [-0.3, -0.25) is 4.79 Å². The smallest absolute Gasteiger partial charge is 0.132 e. The van der Waals surface area contributed by atoms with Crippen molar-refractivity contribution in [3.63, 3.8) is 0 Å². The average Bonchev–Trinajstić information content (AvgIpc) is 2.58. The Labute approximate surface area is 151 Å². The van der Waals surface area contributed by atoms with Gasteiger partial charge in [0.25, 0.3) is 0 Å². The Morgan fingerprint density at radius 3 is 2.42 bits per heavy atom. The van der Waals surface area contributed by atoms with Crippen LogP contribution in [0.1, 0.15) is 57.9 Å². The van der Waals surface area contributed by atoms with Crippen molar-refractivity contribution in [1.82, 2.24) is 0 Å². The second-order valence-corrected chi connectivity index (χ2v) is 8.59. The maximum absolute atomic E-state index is 11.7. The Morgan fingerprint density at radius 2 is 1.83 bits per heavy atom. The van der Waals surface area contributed by atoms with E-state index < -0.39 is 0 Å². The minimum absolute atomic E-state index is 0.244. The SMILES string of the molecule is CC(=O)C(C)C1CCC2(CC1)CCN(c1cc(C)ccc1Cl)CC2. The standard InChI is InChI=1S/C21H30ClNO/c1-15-4-5-19(22)20(14-15)23-12-10-21(11-13-23)8-6-18(7-9-21)16(2)17(3)24/h4-5,14,16,18H,6-13H2,1-3H3. The van der Waals surface area contributed by atoms with E-state index in [2.05, 4.69) is 30.9 Å². The maximum Gasteiger partial charge on any atom is 0.132 e. The van der Waals surface area contributed by atoms with Crippen LogP contribution in [0.25, 0.3) is 0 Å². The minimum Gasteiger partial charge on any atom is -0.370 e. The molecule has 1 unspecified atom stereocenters. The van der Waals surface area contributed by atoms with Gasteiger partial charge in [-0.05, 0) is 81.4 Å². The van der Waals surface area contributed by atoms with Crippen molar-refractivity contribution in [3.05, 3.63) is 28.8 Å². The van der Waals surface area contributed by atoms with Gasteiger partial charge in [0.05, 0.1) is 10.7 Å². The van der Waals surface area contributed by atoms with Crippen molar-refractivity contribution in [2.45, 2.75) is 59.3 Å². The summed E-state index contributed by atoms with van der Waals surface area (Å²) < 4.78 is 0. The summed E-state index contributed by atoms with van der Waals surface area (Å²) >= 11 is 6.42. The Hall–Kier alpha value is -1.02. The van der Waals surface area contributed by atoms with Gasteiger partial charge in [-0.15, -0.1) is 0 Å². The fraction of sp³-hybridized carbons (Fsp3) is 0.667. The number of Topliss-reactive ketones (excluding diaryl/α,β-unsaturated/α-hetero) is 1. The lowest BCUT2D eigenvalue weighted by atomic mass is 9.63. The minimum atomic E-state index is 0.244. The molecule has 1 aliphatic carbocycles. The number of aryl methyl sites for hydroxylation is 1. The summed E-state index contributed by atoms with van der Waals surface area (Å²) in [6.07, 6.45) is 7.57. The van der Waals surface area contributed by atoms with Gasteiger partial charge in [-0.25, -0.2) is 0 Å². The number of hydrogen-bond donors (Lipinski definition) is 0. The predicted molar refractivity (Wildman–Crippen MR) is 102 cm³/mol. The van der Waals surface area contributed by atoms with Crippen LogP contribution < -0.4 is 4.90 Å². The lowest BCUT2D eigenvalue weighted by Gasteiger charge is -2.47. The van der Waals surface area contributed by atoms with Gasteiger partial charge >= 0.3 is 0 Å². The summed E-state index contributed by atoms with van der Waals surface area (Å²) in [5.41, 5.74) is 2.98. The van der Waals surface area contributed by atoms with Crippen LogP contribution in [0.5, 0.6) is 0 Å². The van der Waals surface area contributed by atoms with Gasteiger partial charge in [0.15, 0.2) is 0 Å². The van der Waals surface area contributed by atoms with E-state index in [4.69, 9.17) is 11.6 Å². The van der Waals surface area contributed by atoms with Crippen LogP contribution in [-0.4, -0.2) is 18.9 Å². The molecule has 0 aromatic heterocycles. The molecule has 0 radical (unpaired) electrons. The van der Waals surface area contributed by atoms with E-state index in [0.717, 1.165) is 18.1 Å². The highest BCUT2D eigenvalue weighted by Gasteiger charge is 2.39. The van der Waals surface area contributed by atoms with E-state index in [1.165, 1.54) is 49.8 Å². The summed E-state index contributed by atoms with van der Waals surface area (Å²) in [6.45, 7) is 8.21. The summed E-state index contributed by atoms with van der Waals surface area (Å²) in [5, 5.41) is 0.871. The van der Waals surface area contributed by atoms with Gasteiger partial charge in [0.1, 0.15) is 5.78 Å². The fourth-order valence-electron chi connectivity index (χ4n) is 4.67. The molecule has 1 aromatic rings. The molecule has 1 aromatic carbocycles. The molecule has 2 fully saturated rings. The van der Waals surface area contributed by atoms with E-state index in [1.54, 1.807) is 6.92 Å². The normalized spacial score (nSPS) is 22.6. The summed E-state index contributed by atoms with van der Waals surface area (Å²) in [6, 6.07) is 6.31. The van der Waals surface area contributed by atoms with E-state index >= 15 is 0 Å². The number of halogens is 1. The first-order valence-corrected chi connectivity index (χ1v) is 9.80. The van der Waals surface area contributed by atoms with Crippen molar-refractivity contribution in [1.29, 1.82) is 0 Å². The number of anilines is 1. The number of nitrogens with zero attached hydrogens (tertiary/aromatic N) is 1. The molecular weight excluding hydrogens is 318 g/mol. The molecule has 0 bridgehead atoms. The van der Waals surface area contributed by atoms with Gasteiger partial charge in [-0.1, -0.05) is 24.6 Å². The lowest BCUT2D eigenvalue weighted by molar-refractivity contribution is -0.122. The predicted octanol–water partition coefficient (Wildman–Crippen LogP) is 5.65. The second kappa shape index (κ2) is 7.07. The Morgan fingerprint density at radius 1 is 1.21 bits per heavy atom. The third-order valence-corrected chi connectivity index (χ3v) is 7.03. The van der Waals surface area contributed by atoms with Crippen LogP contribution in [0.2, 0.25) is 5.02 Å². The molecule has 1 saturated carbocycles. The largest absolute Gasteiger partial charge is 0.370 e. The zero-order valence-corrected chi connectivity index (χ0v) is 16.0. The zero-order chi connectivity index (χ0) is 17.3. The highest BCUT2D eigenvalue weighted by molar-refractivity contribution is 6.33. The van der Waals surface area contributed by atoms with Crippen LogP contribution in [0.15, 0.2) is 18.2 Å². The van der Waals surface area contributed by atoms with E-state index in [0.29, 0.717) is 17.1 Å². The molecule has 24 heavy (non-hydrogen) atoms. The highest BCUT2D eigenvalue weighted by atomic mass is 35.5. The van der Waals surface area contributed by atoms with Crippen LogP contribution in [0.3, 0.4) is 0 Å². The number of benzene rings is 1. The highest BCUT2D eigenvalue weighted by Crippen LogP contribution is 2.48. The molecule has 1 spiro atoms. The summed E-state index contributed by atoms with van der Waals surface area (Å²) in [7, 11) is 0. The summed E-state index contributed by atoms with van der Waals surface area (Å²) in [4.78, 5) is 14.1. The first kappa shape index (κ1) is 17.8. The average molecular weight is 348 g/mol. The third-order valence-electron chi connectivity index (χ3n) is 6.71.